The highest BCUT2D eigenvalue weighted by Gasteiger charge is 2.20. The van der Waals surface area contributed by atoms with Crippen molar-refractivity contribution < 1.29 is 0 Å². The van der Waals surface area contributed by atoms with Crippen molar-refractivity contribution in [2.45, 2.75) is 40.7 Å². The van der Waals surface area contributed by atoms with Crippen LogP contribution in [-0.4, -0.2) is 11.0 Å². The number of fused-ring (bicyclic) bond motifs is 1. The summed E-state index contributed by atoms with van der Waals surface area (Å²) < 4.78 is 0. The van der Waals surface area contributed by atoms with Crippen molar-refractivity contribution in [1.82, 2.24) is 4.98 Å². The van der Waals surface area contributed by atoms with Crippen molar-refractivity contribution in [2.24, 2.45) is 5.41 Å². The molecule has 0 radical (unpaired) electrons. The lowest BCUT2D eigenvalue weighted by atomic mass is 9.88. The van der Waals surface area contributed by atoms with E-state index >= 15 is 0 Å². The van der Waals surface area contributed by atoms with Crippen LogP contribution in [0.4, 0.5) is 5.69 Å². The predicted molar refractivity (Wildman–Crippen MR) is 79.0 cm³/mol. The molecular formula is C16H22N2. The monoisotopic (exact) mass is 242 g/mol. The van der Waals surface area contributed by atoms with Gasteiger partial charge in [0.1, 0.15) is 0 Å². The van der Waals surface area contributed by atoms with E-state index in [9.17, 15) is 0 Å². The third-order valence-corrected chi connectivity index (χ3v) is 3.52. The first-order valence-corrected chi connectivity index (χ1v) is 6.51. The van der Waals surface area contributed by atoms with Crippen molar-refractivity contribution in [2.75, 3.05) is 5.32 Å². The van der Waals surface area contributed by atoms with Crippen LogP contribution in [0.5, 0.6) is 0 Å². The van der Waals surface area contributed by atoms with Crippen LogP contribution in [0, 0.1) is 12.3 Å². The lowest BCUT2D eigenvalue weighted by Crippen LogP contribution is -2.30. The molecule has 0 spiro atoms. The minimum atomic E-state index is 0.234. The number of pyridine rings is 1. The Bertz CT molecular complexity index is 553. The fourth-order valence-electron chi connectivity index (χ4n) is 1.88. The van der Waals surface area contributed by atoms with Gasteiger partial charge in [-0.2, -0.15) is 0 Å². The highest BCUT2D eigenvalue weighted by atomic mass is 14.9. The second-order valence-electron chi connectivity index (χ2n) is 6.06. The van der Waals surface area contributed by atoms with Gasteiger partial charge in [0.15, 0.2) is 0 Å². The number of nitrogens with one attached hydrogen (secondary N) is 1. The molecular weight excluding hydrogens is 220 g/mol. The third-order valence-electron chi connectivity index (χ3n) is 3.52. The maximum Gasteiger partial charge on any atom is 0.0725 e. The predicted octanol–water partition coefficient (Wildman–Crippen LogP) is 4.39. The van der Waals surface area contributed by atoms with Crippen LogP contribution >= 0.6 is 0 Å². The van der Waals surface area contributed by atoms with Gasteiger partial charge in [0.2, 0.25) is 0 Å². The molecule has 0 aliphatic heterocycles. The Morgan fingerprint density at radius 3 is 2.50 bits per heavy atom. The largest absolute Gasteiger partial charge is 0.381 e. The Hall–Kier alpha value is -1.57. The topological polar surface area (TPSA) is 24.9 Å². The van der Waals surface area contributed by atoms with E-state index in [2.05, 4.69) is 62.3 Å². The molecule has 2 heteroatoms. The fourth-order valence-corrected chi connectivity index (χ4v) is 1.88. The molecule has 2 nitrogen and oxygen atoms in total. The molecule has 1 aromatic heterocycles. The molecule has 1 aromatic carbocycles. The van der Waals surface area contributed by atoms with E-state index in [1.807, 2.05) is 13.0 Å². The molecule has 1 atom stereocenters. The number of aryl methyl sites for hydroxylation is 1. The molecule has 2 aromatic rings. The van der Waals surface area contributed by atoms with Crippen LogP contribution in [0.1, 0.15) is 33.4 Å². The number of aromatic nitrogens is 1. The molecule has 0 bridgehead atoms. The van der Waals surface area contributed by atoms with Crippen LogP contribution in [0.2, 0.25) is 0 Å². The first kappa shape index (κ1) is 12.9. The van der Waals surface area contributed by atoms with Crippen LogP contribution in [-0.2, 0) is 0 Å². The summed E-state index contributed by atoms with van der Waals surface area (Å²) in [6, 6.07) is 10.8. The zero-order valence-corrected chi connectivity index (χ0v) is 11.9. The van der Waals surface area contributed by atoms with Crippen molar-refractivity contribution in [3.63, 3.8) is 0 Å². The van der Waals surface area contributed by atoms with E-state index in [0.717, 1.165) is 11.2 Å². The van der Waals surface area contributed by atoms with E-state index in [-0.39, 0.29) is 5.41 Å². The number of para-hydroxylation sites is 1. The number of benzene rings is 1. The molecule has 0 saturated carbocycles. The van der Waals surface area contributed by atoms with Crippen LogP contribution in [0.3, 0.4) is 0 Å². The Labute approximate surface area is 109 Å². The molecule has 1 N–H and O–H groups in total. The summed E-state index contributed by atoms with van der Waals surface area (Å²) in [5.41, 5.74) is 3.53. The van der Waals surface area contributed by atoms with E-state index in [1.54, 1.807) is 0 Å². The normalized spacial score (nSPS) is 13.6. The van der Waals surface area contributed by atoms with Gasteiger partial charge in [0, 0.05) is 22.8 Å². The number of rotatable bonds is 2. The quantitative estimate of drug-likeness (QED) is 0.844. The van der Waals surface area contributed by atoms with Crippen LogP contribution in [0.25, 0.3) is 10.9 Å². The Morgan fingerprint density at radius 1 is 1.17 bits per heavy atom. The van der Waals surface area contributed by atoms with Gasteiger partial charge >= 0.3 is 0 Å². The van der Waals surface area contributed by atoms with E-state index in [1.165, 1.54) is 11.1 Å². The van der Waals surface area contributed by atoms with E-state index in [0.29, 0.717) is 6.04 Å². The van der Waals surface area contributed by atoms with E-state index < -0.39 is 0 Å². The van der Waals surface area contributed by atoms with Crippen molar-refractivity contribution in [1.29, 1.82) is 0 Å². The molecule has 96 valence electrons. The van der Waals surface area contributed by atoms with Crippen LogP contribution < -0.4 is 5.32 Å². The molecule has 0 fully saturated rings. The van der Waals surface area contributed by atoms with Gasteiger partial charge in [-0.25, -0.2) is 0 Å². The summed E-state index contributed by atoms with van der Waals surface area (Å²) in [5, 5.41) is 4.82. The SMILES string of the molecule is Cc1cc(NC(C)C(C)(C)C)c2ccccc2n1. The molecule has 0 aliphatic carbocycles. The van der Waals surface area contributed by atoms with Crippen molar-refractivity contribution in [3.05, 3.63) is 36.0 Å². The summed E-state index contributed by atoms with van der Waals surface area (Å²) in [6.45, 7) is 11.0. The highest BCUT2D eigenvalue weighted by molar-refractivity contribution is 5.91. The Balaban J connectivity index is 2.44. The smallest absolute Gasteiger partial charge is 0.0725 e. The molecule has 18 heavy (non-hydrogen) atoms. The first-order valence-electron chi connectivity index (χ1n) is 6.51. The molecule has 1 heterocycles. The second-order valence-corrected chi connectivity index (χ2v) is 6.06. The van der Waals surface area contributed by atoms with Gasteiger partial charge in [-0.15, -0.1) is 0 Å². The zero-order chi connectivity index (χ0) is 13.3. The lowest BCUT2D eigenvalue weighted by molar-refractivity contribution is 0.359. The molecule has 0 aliphatic rings. The van der Waals surface area contributed by atoms with Gasteiger partial charge < -0.3 is 5.32 Å². The van der Waals surface area contributed by atoms with E-state index in [4.69, 9.17) is 0 Å². The average Bonchev–Trinajstić information content (AvgIpc) is 2.27. The fraction of sp³-hybridized carbons (Fsp3) is 0.438. The van der Waals surface area contributed by atoms with Crippen molar-refractivity contribution in [3.8, 4) is 0 Å². The maximum absolute atomic E-state index is 4.57. The Morgan fingerprint density at radius 2 is 1.83 bits per heavy atom. The summed E-state index contributed by atoms with van der Waals surface area (Å²) in [7, 11) is 0. The van der Waals surface area contributed by atoms with Crippen LogP contribution in [0.15, 0.2) is 30.3 Å². The molecule has 2 rings (SSSR count). The van der Waals surface area contributed by atoms with Gasteiger partial charge in [-0.05, 0) is 31.4 Å². The molecule has 0 amide bonds. The number of anilines is 1. The lowest BCUT2D eigenvalue weighted by Gasteiger charge is -2.29. The standard InChI is InChI=1S/C16H22N2/c1-11-10-15(18-12(2)16(3,4)5)13-8-6-7-9-14(13)17-11/h6-10,12H,1-5H3,(H,17,18). The van der Waals surface area contributed by atoms with Gasteiger partial charge in [0.25, 0.3) is 0 Å². The zero-order valence-electron chi connectivity index (χ0n) is 11.9. The van der Waals surface area contributed by atoms with Gasteiger partial charge in [-0.3, -0.25) is 4.98 Å². The van der Waals surface area contributed by atoms with Gasteiger partial charge in [-0.1, -0.05) is 39.0 Å². The maximum atomic E-state index is 4.57. The summed E-state index contributed by atoms with van der Waals surface area (Å²) in [5.74, 6) is 0. The third kappa shape index (κ3) is 2.63. The average molecular weight is 242 g/mol. The highest BCUT2D eigenvalue weighted by Crippen LogP contribution is 2.27. The molecule has 1 unspecified atom stereocenters. The summed E-state index contributed by atoms with van der Waals surface area (Å²) >= 11 is 0. The number of hydrogen-bond acceptors (Lipinski definition) is 2. The first-order chi connectivity index (χ1) is 8.38. The van der Waals surface area contributed by atoms with Crippen molar-refractivity contribution >= 4 is 16.6 Å². The van der Waals surface area contributed by atoms with Gasteiger partial charge in [0.05, 0.1) is 5.52 Å². The minimum Gasteiger partial charge on any atom is -0.381 e. The molecule has 0 saturated heterocycles. The second kappa shape index (κ2) is 4.60. The summed E-state index contributed by atoms with van der Waals surface area (Å²) in [4.78, 5) is 4.57. The number of nitrogens with zero attached hydrogens (tertiary/aromatic N) is 1. The minimum absolute atomic E-state index is 0.234. The summed E-state index contributed by atoms with van der Waals surface area (Å²) in [6.07, 6.45) is 0. The number of hydrogen-bond donors (Lipinski definition) is 1. The Kier molecular flexibility index (Phi) is 3.29.